The molecule has 4 rings (SSSR count). The molecule has 1 aromatic carbocycles. The van der Waals surface area contributed by atoms with Crippen molar-refractivity contribution in [3.8, 4) is 11.5 Å². The molecule has 0 aromatic heterocycles. The van der Waals surface area contributed by atoms with Gasteiger partial charge in [-0.2, -0.15) is 0 Å². The lowest BCUT2D eigenvalue weighted by Gasteiger charge is -2.29. The van der Waals surface area contributed by atoms with Gasteiger partial charge in [-0.25, -0.2) is 4.79 Å². The van der Waals surface area contributed by atoms with E-state index in [1.54, 1.807) is 0 Å². The summed E-state index contributed by atoms with van der Waals surface area (Å²) >= 11 is 0. The Hall–Kier alpha value is -1.95. The fourth-order valence-electron chi connectivity index (χ4n) is 3.92. The van der Waals surface area contributed by atoms with Crippen LogP contribution in [-0.4, -0.2) is 67.8 Å². The van der Waals surface area contributed by atoms with Gasteiger partial charge >= 0.3 is 6.03 Å². The molecular weight excluding hydrogens is 342 g/mol. The van der Waals surface area contributed by atoms with Crippen molar-refractivity contribution in [2.24, 2.45) is 0 Å². The number of carbonyl (C=O) groups is 1. The van der Waals surface area contributed by atoms with Gasteiger partial charge in [0.1, 0.15) is 13.2 Å². The monoisotopic (exact) mass is 373 g/mol. The Morgan fingerprint density at radius 2 is 1.89 bits per heavy atom. The molecule has 1 saturated carbocycles. The molecule has 1 saturated heterocycles. The Bertz CT molecular complexity index is 687. The fourth-order valence-corrected chi connectivity index (χ4v) is 3.92. The lowest BCUT2D eigenvalue weighted by atomic mass is 9.84. The van der Waals surface area contributed by atoms with Crippen LogP contribution in [0, 0.1) is 0 Å². The zero-order valence-corrected chi connectivity index (χ0v) is 16.5. The largest absolute Gasteiger partial charge is 0.486 e. The zero-order valence-electron chi connectivity index (χ0n) is 16.5. The topological polar surface area (TPSA) is 54.0 Å². The number of hydrogen-bond donors (Lipinski definition) is 1. The third-order valence-corrected chi connectivity index (χ3v) is 5.89. The van der Waals surface area contributed by atoms with Gasteiger partial charge in [0.05, 0.1) is 0 Å². The molecule has 1 N–H and O–H groups in total. The van der Waals surface area contributed by atoms with E-state index >= 15 is 0 Å². The van der Waals surface area contributed by atoms with Crippen molar-refractivity contribution < 1.29 is 14.3 Å². The molecule has 2 heterocycles. The fraction of sp³-hybridized carbons (Fsp3) is 0.667. The normalized spacial score (nSPS) is 20.9. The van der Waals surface area contributed by atoms with E-state index in [2.05, 4.69) is 30.1 Å². The molecule has 0 bridgehead atoms. The molecule has 6 nitrogen and oxygen atoms in total. The van der Waals surface area contributed by atoms with Crippen LogP contribution in [0.5, 0.6) is 11.5 Å². The Morgan fingerprint density at radius 1 is 1.11 bits per heavy atom. The van der Waals surface area contributed by atoms with Crippen molar-refractivity contribution in [1.29, 1.82) is 0 Å². The van der Waals surface area contributed by atoms with E-state index in [1.807, 2.05) is 17.0 Å². The predicted molar refractivity (Wildman–Crippen MR) is 105 cm³/mol. The van der Waals surface area contributed by atoms with Crippen LogP contribution in [0.2, 0.25) is 0 Å². The van der Waals surface area contributed by atoms with Crippen molar-refractivity contribution in [2.45, 2.75) is 44.6 Å². The molecule has 2 aliphatic heterocycles. The molecule has 3 aliphatic rings. The van der Waals surface area contributed by atoms with E-state index in [0.717, 1.165) is 55.7 Å². The van der Waals surface area contributed by atoms with Crippen LogP contribution in [0.25, 0.3) is 0 Å². The average Bonchev–Trinajstić information content (AvgIpc) is 3.52. The van der Waals surface area contributed by atoms with Crippen LogP contribution in [0.3, 0.4) is 0 Å². The van der Waals surface area contributed by atoms with Gasteiger partial charge in [-0.3, -0.25) is 4.90 Å². The smallest absolute Gasteiger partial charge is 0.317 e. The summed E-state index contributed by atoms with van der Waals surface area (Å²) in [5.74, 6) is 1.60. The Balaban J connectivity index is 1.33. The number of hydrogen-bond acceptors (Lipinski definition) is 4. The second-order valence-corrected chi connectivity index (χ2v) is 8.51. The number of urea groups is 1. The summed E-state index contributed by atoms with van der Waals surface area (Å²) in [6, 6.07) is 6.91. The number of ether oxygens (including phenoxy) is 2. The average molecular weight is 373 g/mol. The summed E-state index contributed by atoms with van der Waals surface area (Å²) < 4.78 is 11.3. The van der Waals surface area contributed by atoms with Crippen LogP contribution >= 0.6 is 0 Å². The summed E-state index contributed by atoms with van der Waals surface area (Å²) in [4.78, 5) is 17.2. The Kier molecular flexibility index (Phi) is 5.17. The first kappa shape index (κ1) is 18.4. The predicted octanol–water partition coefficient (Wildman–Crippen LogP) is 2.62. The van der Waals surface area contributed by atoms with Crippen molar-refractivity contribution in [2.75, 3.05) is 45.9 Å². The quantitative estimate of drug-likeness (QED) is 0.882. The molecule has 2 fully saturated rings. The first-order chi connectivity index (χ1) is 13.0. The lowest BCUT2D eigenvalue weighted by Crippen LogP contribution is -2.46. The maximum atomic E-state index is 12.7. The molecule has 148 valence electrons. The van der Waals surface area contributed by atoms with Crippen molar-refractivity contribution in [1.82, 2.24) is 15.1 Å². The summed E-state index contributed by atoms with van der Waals surface area (Å²) in [5, 5.41) is 3.16. The lowest BCUT2D eigenvalue weighted by molar-refractivity contribution is 0.171. The van der Waals surface area contributed by atoms with E-state index in [4.69, 9.17) is 9.47 Å². The highest BCUT2D eigenvalue weighted by Gasteiger charge is 2.31. The van der Waals surface area contributed by atoms with Gasteiger partial charge in [0.2, 0.25) is 0 Å². The number of carbonyl (C=O) groups excluding carboxylic acids is 1. The number of benzene rings is 1. The van der Waals surface area contributed by atoms with Gasteiger partial charge in [0.15, 0.2) is 11.5 Å². The van der Waals surface area contributed by atoms with Crippen LogP contribution < -0.4 is 14.8 Å². The first-order valence-corrected chi connectivity index (χ1v) is 10.2. The summed E-state index contributed by atoms with van der Waals surface area (Å²) in [6.45, 7) is 9.87. The minimum atomic E-state index is -0.183. The van der Waals surface area contributed by atoms with Gasteiger partial charge in [-0.15, -0.1) is 0 Å². The number of nitrogens with one attached hydrogen (secondary N) is 1. The highest BCUT2D eigenvalue weighted by atomic mass is 16.6. The molecule has 0 atom stereocenters. The van der Waals surface area contributed by atoms with Gasteiger partial charge in [0.25, 0.3) is 0 Å². The summed E-state index contributed by atoms with van der Waals surface area (Å²) in [5.41, 5.74) is 0.958. The third-order valence-electron chi connectivity index (χ3n) is 5.89. The molecule has 0 unspecified atom stereocenters. The number of rotatable bonds is 4. The van der Waals surface area contributed by atoms with Crippen molar-refractivity contribution in [3.05, 3.63) is 23.8 Å². The highest BCUT2D eigenvalue weighted by molar-refractivity contribution is 5.74. The molecule has 1 aliphatic carbocycles. The number of nitrogens with zero attached hydrogens (tertiary/aromatic N) is 2. The minimum absolute atomic E-state index is 0.0539. The van der Waals surface area contributed by atoms with Gasteiger partial charge in [-0.1, -0.05) is 19.9 Å². The van der Waals surface area contributed by atoms with E-state index in [-0.39, 0.29) is 11.4 Å². The van der Waals surface area contributed by atoms with Gasteiger partial charge < -0.3 is 19.7 Å². The second kappa shape index (κ2) is 7.58. The molecule has 6 heteroatoms. The molecule has 1 aromatic rings. The summed E-state index contributed by atoms with van der Waals surface area (Å²) in [7, 11) is 0. The van der Waals surface area contributed by atoms with Crippen molar-refractivity contribution >= 4 is 6.03 Å². The molecular formula is C21H31N3O3. The van der Waals surface area contributed by atoms with E-state index in [9.17, 15) is 4.79 Å². The number of amides is 2. The van der Waals surface area contributed by atoms with E-state index in [1.165, 1.54) is 12.8 Å². The molecule has 0 radical (unpaired) electrons. The first-order valence-electron chi connectivity index (χ1n) is 10.2. The molecule has 2 amide bonds. The highest BCUT2D eigenvalue weighted by Crippen LogP contribution is 2.35. The second-order valence-electron chi connectivity index (χ2n) is 8.51. The van der Waals surface area contributed by atoms with Crippen LogP contribution in [0.15, 0.2) is 18.2 Å². The summed E-state index contributed by atoms with van der Waals surface area (Å²) in [6.07, 6.45) is 3.72. The van der Waals surface area contributed by atoms with Crippen LogP contribution in [0.1, 0.15) is 38.7 Å². The van der Waals surface area contributed by atoms with Crippen LogP contribution in [0.4, 0.5) is 4.79 Å². The van der Waals surface area contributed by atoms with E-state index in [0.29, 0.717) is 19.8 Å². The molecule has 0 spiro atoms. The maximum absolute atomic E-state index is 12.7. The van der Waals surface area contributed by atoms with Gasteiger partial charge in [0, 0.05) is 44.2 Å². The SMILES string of the molecule is CC(C)(CNC(=O)N1CCCN(C2CC2)CC1)c1ccc2c(c1)OCCO2. The zero-order chi connectivity index (χ0) is 18.9. The Labute approximate surface area is 161 Å². The number of fused-ring (bicyclic) bond motifs is 1. The van der Waals surface area contributed by atoms with E-state index < -0.39 is 0 Å². The standard InChI is InChI=1S/C21H31N3O3/c1-21(2,16-4-7-18-19(14-16)27-13-12-26-18)15-22-20(25)24-9-3-8-23(10-11-24)17-5-6-17/h4,7,14,17H,3,5-6,8-13,15H2,1-2H3,(H,22,25). The third kappa shape index (κ3) is 4.32. The minimum Gasteiger partial charge on any atom is -0.486 e. The van der Waals surface area contributed by atoms with Crippen molar-refractivity contribution in [3.63, 3.8) is 0 Å². The molecule has 27 heavy (non-hydrogen) atoms. The van der Waals surface area contributed by atoms with Gasteiger partial charge in [-0.05, 0) is 37.0 Å². The Morgan fingerprint density at radius 3 is 2.67 bits per heavy atom. The van der Waals surface area contributed by atoms with Crippen LogP contribution in [-0.2, 0) is 5.41 Å². The maximum Gasteiger partial charge on any atom is 0.317 e.